The third-order valence-electron chi connectivity index (χ3n) is 16.4. The van der Waals surface area contributed by atoms with Gasteiger partial charge in [-0.1, -0.05) is 218 Å². The summed E-state index contributed by atoms with van der Waals surface area (Å²) in [5.41, 5.74) is 22.5. The topological polar surface area (TPSA) is 20.8 Å². The fourth-order valence-corrected chi connectivity index (χ4v) is 13.1. The van der Waals surface area contributed by atoms with Crippen LogP contribution in [0.4, 0.5) is 17.1 Å². The first kappa shape index (κ1) is 42.5. The molecule has 1 aliphatic carbocycles. The molecule has 0 saturated carbocycles. The van der Waals surface area contributed by atoms with Crippen molar-refractivity contribution in [3.63, 3.8) is 0 Å². The molecule has 0 amide bonds. The van der Waals surface area contributed by atoms with Crippen LogP contribution in [-0.2, 0) is 5.41 Å². The maximum atomic E-state index is 6.54. The van der Waals surface area contributed by atoms with E-state index in [0.29, 0.717) is 0 Å². The van der Waals surface area contributed by atoms with Gasteiger partial charge in [0.1, 0.15) is 11.2 Å². The Labute approximate surface area is 439 Å². The molecule has 3 aromatic heterocycles. The first-order valence-electron chi connectivity index (χ1n) is 26.2. The molecule has 0 spiro atoms. The number of fused-ring (bicyclic) bond motifs is 12. The quantitative estimate of drug-likeness (QED) is 0.151. The average molecular weight is 967 g/mol. The molecule has 0 aliphatic heterocycles. The number of nitrogens with zero attached hydrogens (tertiary/aromatic N) is 2. The van der Waals surface area contributed by atoms with E-state index in [0.717, 1.165) is 50.1 Å². The van der Waals surface area contributed by atoms with Crippen LogP contribution in [0.15, 0.2) is 283 Å². The Morgan fingerprint density at radius 3 is 1.53 bits per heavy atom. The summed E-state index contributed by atoms with van der Waals surface area (Å²) in [7, 11) is 0. The maximum absolute atomic E-state index is 6.54. The third-order valence-corrected chi connectivity index (χ3v) is 16.4. The van der Waals surface area contributed by atoms with Crippen molar-refractivity contribution in [1.82, 2.24) is 4.40 Å². The second-order valence-electron chi connectivity index (χ2n) is 20.3. The molecular formula is C73H46N2O. The van der Waals surface area contributed by atoms with E-state index in [1.807, 2.05) is 6.07 Å². The fraction of sp³-hybridized carbons (Fsp3) is 0.0137. The van der Waals surface area contributed by atoms with Crippen LogP contribution in [0.2, 0.25) is 0 Å². The standard InChI is InChI=1S/C73H46N2O/c1-4-16-47(17-5-1)48-30-36-54(37-31-48)74(55-38-32-49(33-39-55)57-24-14-27-65-62-23-11-13-29-70(62)76-72(57)65)56-40-43-59-58-41-34-50(44-66(58)73(67(59)46-56,52-18-6-2-7-19-52)53-20-8-3-9-21-53)51-35-42-61-64-26-15-25-63-60-22-10-12-28-68(60)75(71(63)64)69(61)45-51/h1-46H. The number of anilines is 3. The molecule has 0 radical (unpaired) electrons. The Kier molecular flexibility index (Phi) is 9.25. The van der Waals surface area contributed by atoms with Gasteiger partial charge >= 0.3 is 0 Å². The van der Waals surface area contributed by atoms with Crippen LogP contribution in [0.5, 0.6) is 0 Å². The molecule has 354 valence electrons. The van der Waals surface area contributed by atoms with Gasteiger partial charge in [-0.25, -0.2) is 0 Å². The zero-order chi connectivity index (χ0) is 49.9. The lowest BCUT2D eigenvalue weighted by Crippen LogP contribution is -2.28. The van der Waals surface area contributed by atoms with Crippen molar-refractivity contribution < 1.29 is 4.42 Å². The van der Waals surface area contributed by atoms with Crippen LogP contribution in [0, 0.1) is 0 Å². The summed E-state index contributed by atoms with van der Waals surface area (Å²) < 4.78 is 9.02. The van der Waals surface area contributed by atoms with Crippen molar-refractivity contribution >= 4 is 77.1 Å². The minimum absolute atomic E-state index is 0.646. The van der Waals surface area contributed by atoms with Gasteiger partial charge in [-0.05, 0) is 122 Å². The van der Waals surface area contributed by atoms with Gasteiger partial charge < -0.3 is 13.7 Å². The Hall–Kier alpha value is -9.96. The molecule has 1 aliphatic rings. The summed E-state index contributed by atoms with van der Waals surface area (Å²) >= 11 is 0. The van der Waals surface area contributed by atoms with Crippen molar-refractivity contribution in [2.45, 2.75) is 5.41 Å². The normalized spacial score (nSPS) is 12.8. The van der Waals surface area contributed by atoms with Gasteiger partial charge in [0, 0.05) is 54.9 Å². The molecule has 0 unspecified atom stereocenters. The van der Waals surface area contributed by atoms with Crippen molar-refractivity contribution in [3.05, 3.63) is 301 Å². The Morgan fingerprint density at radius 1 is 0.303 bits per heavy atom. The second-order valence-corrected chi connectivity index (χ2v) is 20.3. The predicted molar refractivity (Wildman–Crippen MR) is 317 cm³/mol. The minimum Gasteiger partial charge on any atom is -0.455 e. The smallest absolute Gasteiger partial charge is 0.143 e. The monoisotopic (exact) mass is 966 g/mol. The number of para-hydroxylation sites is 4. The lowest BCUT2D eigenvalue weighted by atomic mass is 9.67. The van der Waals surface area contributed by atoms with E-state index in [4.69, 9.17) is 4.42 Å². The van der Waals surface area contributed by atoms with Crippen molar-refractivity contribution in [2.24, 2.45) is 0 Å². The highest BCUT2D eigenvalue weighted by Gasteiger charge is 2.46. The number of benzene rings is 12. The number of aromatic nitrogens is 1. The lowest BCUT2D eigenvalue weighted by molar-refractivity contribution is 0.670. The molecule has 3 heteroatoms. The minimum atomic E-state index is -0.646. The van der Waals surface area contributed by atoms with Crippen LogP contribution < -0.4 is 4.90 Å². The highest BCUT2D eigenvalue weighted by molar-refractivity contribution is 6.23. The molecule has 0 saturated heterocycles. The van der Waals surface area contributed by atoms with Crippen molar-refractivity contribution in [1.29, 1.82) is 0 Å². The van der Waals surface area contributed by atoms with E-state index in [1.54, 1.807) is 0 Å². The summed E-state index contributed by atoms with van der Waals surface area (Å²) in [4.78, 5) is 2.42. The van der Waals surface area contributed by atoms with E-state index < -0.39 is 5.41 Å². The molecular weight excluding hydrogens is 921 g/mol. The van der Waals surface area contributed by atoms with E-state index in [-0.39, 0.29) is 0 Å². The SMILES string of the molecule is c1ccc(-c2ccc(N(c3ccc(-c4cccc5c4oc4ccccc45)cc3)c3ccc4c(c3)C(c3ccccc3)(c3ccccc3)c3cc(-c5ccc6c7cccc8c9ccccc9n(c6c5)c87)ccc3-4)cc2)cc1. The zero-order valence-electron chi connectivity index (χ0n) is 41.4. The van der Waals surface area contributed by atoms with Crippen LogP contribution in [0.25, 0.3) is 105 Å². The van der Waals surface area contributed by atoms with E-state index in [2.05, 4.69) is 282 Å². The number of hydrogen-bond acceptors (Lipinski definition) is 2. The van der Waals surface area contributed by atoms with Gasteiger partial charge in [-0.15, -0.1) is 0 Å². The molecule has 3 nitrogen and oxygen atoms in total. The summed E-state index contributed by atoms with van der Waals surface area (Å²) in [5, 5.41) is 7.41. The largest absolute Gasteiger partial charge is 0.455 e. The summed E-state index contributed by atoms with van der Waals surface area (Å²) in [6, 6.07) is 103. The highest BCUT2D eigenvalue weighted by Crippen LogP contribution is 2.58. The van der Waals surface area contributed by atoms with Crippen LogP contribution in [-0.4, -0.2) is 4.40 Å². The Morgan fingerprint density at radius 2 is 0.803 bits per heavy atom. The van der Waals surface area contributed by atoms with Crippen LogP contribution in [0.1, 0.15) is 22.3 Å². The summed E-state index contributed by atoms with van der Waals surface area (Å²) in [6.45, 7) is 0. The molecule has 0 fully saturated rings. The summed E-state index contributed by atoms with van der Waals surface area (Å²) in [6.07, 6.45) is 0. The van der Waals surface area contributed by atoms with E-state index >= 15 is 0 Å². The number of hydrogen-bond donors (Lipinski definition) is 0. The molecule has 0 atom stereocenters. The molecule has 3 heterocycles. The predicted octanol–water partition coefficient (Wildman–Crippen LogP) is 19.6. The molecule has 15 aromatic rings. The van der Waals surface area contributed by atoms with Gasteiger partial charge in [0.25, 0.3) is 0 Å². The third kappa shape index (κ3) is 6.17. The van der Waals surface area contributed by atoms with Gasteiger partial charge in [0.2, 0.25) is 0 Å². The molecule has 0 N–H and O–H groups in total. The molecule has 16 rings (SSSR count). The van der Waals surface area contributed by atoms with Crippen molar-refractivity contribution in [3.8, 4) is 44.5 Å². The van der Waals surface area contributed by atoms with Gasteiger partial charge in [-0.3, -0.25) is 0 Å². The highest BCUT2D eigenvalue weighted by atomic mass is 16.3. The van der Waals surface area contributed by atoms with Gasteiger partial charge in [-0.2, -0.15) is 0 Å². The first-order valence-corrected chi connectivity index (χ1v) is 26.2. The molecule has 0 bridgehead atoms. The Balaban J connectivity index is 0.886. The molecule has 76 heavy (non-hydrogen) atoms. The summed E-state index contributed by atoms with van der Waals surface area (Å²) in [5.74, 6) is 0. The first-order chi connectivity index (χ1) is 37.7. The van der Waals surface area contributed by atoms with E-state index in [1.165, 1.54) is 93.7 Å². The van der Waals surface area contributed by atoms with Crippen LogP contribution >= 0.6 is 0 Å². The van der Waals surface area contributed by atoms with Crippen LogP contribution in [0.3, 0.4) is 0 Å². The second kappa shape index (κ2) is 16.5. The van der Waals surface area contributed by atoms with Gasteiger partial charge in [0.15, 0.2) is 0 Å². The fourth-order valence-electron chi connectivity index (χ4n) is 13.1. The van der Waals surface area contributed by atoms with E-state index in [9.17, 15) is 0 Å². The average Bonchev–Trinajstić information content (AvgIpc) is 4.25. The molecule has 12 aromatic carbocycles. The lowest BCUT2D eigenvalue weighted by Gasteiger charge is -2.35. The zero-order valence-corrected chi connectivity index (χ0v) is 41.4. The maximum Gasteiger partial charge on any atom is 0.143 e. The van der Waals surface area contributed by atoms with Crippen molar-refractivity contribution in [2.75, 3.05) is 4.90 Å². The number of rotatable bonds is 8. The Bertz CT molecular complexity index is 4680. The van der Waals surface area contributed by atoms with Gasteiger partial charge in [0.05, 0.1) is 22.0 Å². The number of furan rings is 1.